The third-order valence-electron chi connectivity index (χ3n) is 9.96. The summed E-state index contributed by atoms with van der Waals surface area (Å²) in [4.78, 5) is 21.5. The van der Waals surface area contributed by atoms with Crippen molar-refractivity contribution >= 4 is 7.82 Å². The zero-order chi connectivity index (χ0) is 37.6. The first-order valence-corrected chi connectivity index (χ1v) is 18.9. The molecule has 0 aromatic heterocycles. The normalized spacial score (nSPS) is 26.6. The van der Waals surface area contributed by atoms with Gasteiger partial charge in [0, 0.05) is 32.8 Å². The molecule has 1 heterocycles. The minimum absolute atomic E-state index is 0.0731. The molecule has 10 nitrogen and oxygen atoms in total. The van der Waals surface area contributed by atoms with Gasteiger partial charge in [-0.2, -0.15) is 0 Å². The molecule has 5 aromatic carbocycles. The van der Waals surface area contributed by atoms with Gasteiger partial charge >= 0.3 is 7.82 Å². The minimum Gasteiger partial charge on any atom is -0.390 e. The SMILES string of the molecule is CO[C@@]1(O)[C@@](Cc2ccccc2)(OCc2ccccc2)[C@@](Cc2ccccc2)(OP(=O)(O)O)O[C@H](C(O)Cc2ccccc2)[C@]1(O)Cc1ccccc1. The van der Waals surface area contributed by atoms with E-state index in [2.05, 4.69) is 0 Å². The molecule has 0 aliphatic carbocycles. The fourth-order valence-electron chi connectivity index (χ4n) is 7.57. The van der Waals surface area contributed by atoms with E-state index in [0.717, 1.165) is 0 Å². The molecule has 1 fully saturated rings. The number of hydrogen-bond donors (Lipinski definition) is 5. The highest BCUT2D eigenvalue weighted by Gasteiger charge is 2.81. The highest BCUT2D eigenvalue weighted by molar-refractivity contribution is 7.46. The second-order valence-corrected chi connectivity index (χ2v) is 14.7. The summed E-state index contributed by atoms with van der Waals surface area (Å²) < 4.78 is 39.1. The molecule has 1 saturated heterocycles. The predicted octanol–water partition coefficient (Wildman–Crippen LogP) is 5.54. The van der Waals surface area contributed by atoms with Gasteiger partial charge in [-0.05, 0) is 27.8 Å². The fourth-order valence-corrected chi connectivity index (χ4v) is 8.21. The van der Waals surface area contributed by atoms with Crippen LogP contribution in [0.5, 0.6) is 0 Å². The van der Waals surface area contributed by atoms with Crippen molar-refractivity contribution < 1.29 is 48.4 Å². The van der Waals surface area contributed by atoms with Crippen LogP contribution < -0.4 is 0 Å². The summed E-state index contributed by atoms with van der Waals surface area (Å²) in [6.45, 7) is -0.234. The third kappa shape index (κ3) is 8.09. The number of ether oxygens (including phenoxy) is 3. The van der Waals surface area contributed by atoms with Gasteiger partial charge in [-0.3, -0.25) is 4.52 Å². The second kappa shape index (κ2) is 16.1. The van der Waals surface area contributed by atoms with Crippen molar-refractivity contribution in [3.8, 4) is 0 Å². The number of aliphatic hydroxyl groups is 3. The number of phosphoric ester groups is 1. The zero-order valence-corrected chi connectivity index (χ0v) is 30.2. The van der Waals surface area contributed by atoms with Gasteiger partial charge in [0.25, 0.3) is 0 Å². The first kappa shape index (κ1) is 38.7. The molecular formula is C42H45O10P. The van der Waals surface area contributed by atoms with E-state index < -0.39 is 49.2 Å². The molecule has 0 saturated carbocycles. The molecule has 0 spiro atoms. The highest BCUT2D eigenvalue weighted by atomic mass is 31.2. The van der Waals surface area contributed by atoms with Crippen molar-refractivity contribution in [3.05, 3.63) is 179 Å². The molecule has 53 heavy (non-hydrogen) atoms. The number of benzene rings is 5. The monoisotopic (exact) mass is 740 g/mol. The lowest BCUT2D eigenvalue weighted by Gasteiger charge is -2.66. The number of hydrogen-bond acceptors (Lipinski definition) is 8. The van der Waals surface area contributed by atoms with Crippen molar-refractivity contribution in [2.45, 2.75) is 67.3 Å². The summed E-state index contributed by atoms with van der Waals surface area (Å²) in [5.41, 5.74) is -2.12. The average molecular weight is 741 g/mol. The van der Waals surface area contributed by atoms with E-state index in [4.69, 9.17) is 18.7 Å². The predicted molar refractivity (Wildman–Crippen MR) is 198 cm³/mol. The molecule has 0 radical (unpaired) electrons. The van der Waals surface area contributed by atoms with Crippen molar-refractivity contribution in [1.29, 1.82) is 0 Å². The molecule has 0 amide bonds. The Morgan fingerprint density at radius 3 is 1.51 bits per heavy atom. The van der Waals surface area contributed by atoms with Gasteiger partial charge < -0.3 is 39.3 Å². The Labute approximate surface area is 309 Å². The lowest BCUT2D eigenvalue weighted by molar-refractivity contribution is -0.496. The van der Waals surface area contributed by atoms with Crippen LogP contribution in [0.25, 0.3) is 0 Å². The van der Waals surface area contributed by atoms with Gasteiger partial charge in [0.2, 0.25) is 11.6 Å². The van der Waals surface area contributed by atoms with Gasteiger partial charge in [0.1, 0.15) is 6.10 Å². The number of phosphoric acid groups is 1. The number of methoxy groups -OCH3 is 1. The van der Waals surface area contributed by atoms with Crippen LogP contribution in [0, 0.1) is 0 Å². The average Bonchev–Trinajstić information content (AvgIpc) is 3.16. The van der Waals surface area contributed by atoms with E-state index in [1.165, 1.54) is 7.11 Å². The number of aliphatic hydroxyl groups excluding tert-OH is 1. The molecular weight excluding hydrogens is 695 g/mol. The van der Waals surface area contributed by atoms with Crippen LogP contribution in [0.4, 0.5) is 0 Å². The van der Waals surface area contributed by atoms with Gasteiger partial charge in [-0.1, -0.05) is 152 Å². The summed E-state index contributed by atoms with van der Waals surface area (Å²) in [5.74, 6) is -5.54. The van der Waals surface area contributed by atoms with Crippen LogP contribution in [0.15, 0.2) is 152 Å². The van der Waals surface area contributed by atoms with E-state index in [9.17, 15) is 29.7 Å². The fraction of sp³-hybridized carbons (Fsp3) is 0.286. The standard InChI is InChI=1S/C42H45O10P/c1-49-42(45)39(44,28-33-19-9-3-10-20-33)38(37(43)27-32-17-7-2-8-18-32)51-41(52-53(46,47)48,30-35-23-13-5-14-24-35)40(42,29-34-21-11-4-12-22-34)50-31-36-25-15-6-16-26-36/h2-26,37-38,43-45H,27-31H2,1H3,(H2,46,47,48)/t37?,38-,39-,40+,41-,42-/m1/s1. The van der Waals surface area contributed by atoms with Gasteiger partial charge in [-0.15, -0.1) is 0 Å². The lowest BCUT2D eigenvalue weighted by Crippen LogP contribution is -2.87. The molecule has 6 rings (SSSR count). The Morgan fingerprint density at radius 2 is 1.06 bits per heavy atom. The zero-order valence-electron chi connectivity index (χ0n) is 29.3. The lowest BCUT2D eigenvalue weighted by atomic mass is 9.62. The molecule has 0 bridgehead atoms. The Morgan fingerprint density at radius 1 is 0.642 bits per heavy atom. The molecule has 1 aliphatic rings. The molecule has 1 unspecified atom stereocenters. The maximum atomic E-state index is 13.6. The van der Waals surface area contributed by atoms with Crippen LogP contribution in [-0.2, 0) is 55.6 Å². The van der Waals surface area contributed by atoms with E-state index in [-0.39, 0.29) is 25.9 Å². The Balaban J connectivity index is 1.67. The van der Waals surface area contributed by atoms with Crippen LogP contribution in [0.2, 0.25) is 0 Å². The van der Waals surface area contributed by atoms with Gasteiger partial charge in [-0.25, -0.2) is 4.57 Å². The first-order valence-electron chi connectivity index (χ1n) is 17.4. The topological polar surface area (TPSA) is 155 Å². The molecule has 5 aromatic rings. The Hall–Kier alpha value is -4.03. The summed E-state index contributed by atoms with van der Waals surface area (Å²) in [6, 6.07) is 44.3. The maximum absolute atomic E-state index is 13.6. The second-order valence-electron chi connectivity index (χ2n) is 13.5. The quantitative estimate of drug-likeness (QED) is 0.0683. The first-order chi connectivity index (χ1) is 25.4. The van der Waals surface area contributed by atoms with Crippen molar-refractivity contribution in [2.75, 3.05) is 7.11 Å². The van der Waals surface area contributed by atoms with E-state index in [1.807, 2.05) is 12.1 Å². The van der Waals surface area contributed by atoms with E-state index in [0.29, 0.717) is 27.8 Å². The summed E-state index contributed by atoms with van der Waals surface area (Å²) >= 11 is 0. The van der Waals surface area contributed by atoms with Gasteiger partial charge in [0.05, 0.1) is 12.7 Å². The summed E-state index contributed by atoms with van der Waals surface area (Å²) in [6.07, 6.45) is -4.52. The summed E-state index contributed by atoms with van der Waals surface area (Å²) in [5, 5.41) is 39.1. The summed E-state index contributed by atoms with van der Waals surface area (Å²) in [7, 11) is -4.37. The van der Waals surface area contributed by atoms with Crippen LogP contribution in [0.1, 0.15) is 27.8 Å². The van der Waals surface area contributed by atoms with Crippen molar-refractivity contribution in [2.24, 2.45) is 0 Å². The molecule has 6 atom stereocenters. The van der Waals surface area contributed by atoms with Crippen molar-refractivity contribution in [1.82, 2.24) is 0 Å². The maximum Gasteiger partial charge on any atom is 0.472 e. The Kier molecular flexibility index (Phi) is 11.8. The van der Waals surface area contributed by atoms with E-state index >= 15 is 0 Å². The van der Waals surface area contributed by atoms with Crippen LogP contribution in [-0.4, -0.2) is 67.2 Å². The van der Waals surface area contributed by atoms with Crippen LogP contribution >= 0.6 is 7.82 Å². The number of rotatable bonds is 15. The molecule has 5 N–H and O–H groups in total. The Bertz CT molecular complexity index is 1930. The van der Waals surface area contributed by atoms with Gasteiger partial charge in [0.15, 0.2) is 11.2 Å². The molecule has 278 valence electrons. The highest BCUT2D eigenvalue weighted by Crippen LogP contribution is 2.60. The van der Waals surface area contributed by atoms with E-state index in [1.54, 1.807) is 140 Å². The molecule has 11 heteroatoms. The van der Waals surface area contributed by atoms with Crippen LogP contribution in [0.3, 0.4) is 0 Å². The molecule has 1 aliphatic heterocycles. The smallest absolute Gasteiger partial charge is 0.390 e. The van der Waals surface area contributed by atoms with Crippen molar-refractivity contribution in [3.63, 3.8) is 0 Å². The largest absolute Gasteiger partial charge is 0.472 e. The minimum atomic E-state index is -5.55. The third-order valence-corrected chi connectivity index (χ3v) is 10.5.